The highest BCUT2D eigenvalue weighted by atomic mass is 19.1. The molecule has 0 spiro atoms. The van der Waals surface area contributed by atoms with E-state index in [0.29, 0.717) is 36.6 Å². The average molecular weight is 475 g/mol. The van der Waals surface area contributed by atoms with Crippen molar-refractivity contribution in [1.82, 2.24) is 9.97 Å². The normalized spacial score (nSPS) is 13.2. The molecule has 0 fully saturated rings. The van der Waals surface area contributed by atoms with Crippen LogP contribution in [0, 0.1) is 11.6 Å². The smallest absolute Gasteiger partial charge is 0.178 e. The molecule has 0 radical (unpaired) electrons. The van der Waals surface area contributed by atoms with Crippen LogP contribution in [0.4, 0.5) is 20.2 Å². The second-order valence-corrected chi connectivity index (χ2v) is 9.36. The topological polar surface area (TPSA) is 41.5 Å². The Morgan fingerprint density at radius 3 is 2.57 bits per heavy atom. The maximum atomic E-state index is 15.0. The van der Waals surface area contributed by atoms with E-state index in [1.54, 1.807) is 6.07 Å². The molecule has 0 saturated carbocycles. The van der Waals surface area contributed by atoms with Crippen molar-refractivity contribution in [1.29, 1.82) is 0 Å². The predicted octanol–water partition coefficient (Wildman–Crippen LogP) is 5.84. The molecule has 0 amide bonds. The van der Waals surface area contributed by atoms with E-state index in [4.69, 9.17) is 4.74 Å². The van der Waals surface area contributed by atoms with Crippen molar-refractivity contribution in [2.45, 2.75) is 26.3 Å². The number of anilines is 2. The highest BCUT2D eigenvalue weighted by Crippen LogP contribution is 2.39. The molecule has 180 valence electrons. The third-order valence-corrected chi connectivity index (χ3v) is 6.37. The largest absolute Gasteiger partial charge is 0.486 e. The van der Waals surface area contributed by atoms with Crippen molar-refractivity contribution in [2.24, 2.45) is 0 Å². The molecule has 7 heteroatoms. The monoisotopic (exact) mass is 474 g/mol. The van der Waals surface area contributed by atoms with Crippen LogP contribution in [0.2, 0.25) is 0 Å². The van der Waals surface area contributed by atoms with Crippen molar-refractivity contribution < 1.29 is 13.5 Å². The van der Waals surface area contributed by atoms with Crippen LogP contribution in [0.3, 0.4) is 0 Å². The minimum atomic E-state index is -0.588. The van der Waals surface area contributed by atoms with Gasteiger partial charge in [-0.25, -0.2) is 18.7 Å². The highest BCUT2D eigenvalue weighted by molar-refractivity contribution is 5.86. The second kappa shape index (κ2) is 9.13. The first-order valence-electron chi connectivity index (χ1n) is 11.7. The van der Waals surface area contributed by atoms with Gasteiger partial charge in [0.25, 0.3) is 0 Å². The molecule has 3 aromatic carbocycles. The summed E-state index contributed by atoms with van der Waals surface area (Å²) in [7, 11) is 4.02. The first-order chi connectivity index (χ1) is 16.8. The van der Waals surface area contributed by atoms with Gasteiger partial charge in [0, 0.05) is 37.8 Å². The third kappa shape index (κ3) is 4.50. The maximum absolute atomic E-state index is 15.0. The molecule has 0 N–H and O–H groups in total. The van der Waals surface area contributed by atoms with E-state index in [2.05, 4.69) is 50.1 Å². The van der Waals surface area contributed by atoms with E-state index in [0.717, 1.165) is 28.2 Å². The van der Waals surface area contributed by atoms with Gasteiger partial charge >= 0.3 is 0 Å². The van der Waals surface area contributed by atoms with E-state index in [-0.39, 0.29) is 17.5 Å². The summed E-state index contributed by atoms with van der Waals surface area (Å²) in [5.74, 6) is -0.431. The Labute approximate surface area is 204 Å². The van der Waals surface area contributed by atoms with E-state index < -0.39 is 11.6 Å². The van der Waals surface area contributed by atoms with Crippen molar-refractivity contribution >= 4 is 22.1 Å². The molecular formula is C28H28F2N4O. The van der Waals surface area contributed by atoms with E-state index in [1.807, 2.05) is 34.0 Å². The minimum absolute atomic E-state index is 0.0849. The van der Waals surface area contributed by atoms with Gasteiger partial charge in [0.1, 0.15) is 18.1 Å². The Morgan fingerprint density at radius 2 is 1.80 bits per heavy atom. The van der Waals surface area contributed by atoms with Crippen LogP contribution in [0.1, 0.15) is 25.2 Å². The Kier molecular flexibility index (Phi) is 6.01. The van der Waals surface area contributed by atoms with Gasteiger partial charge in [0.2, 0.25) is 0 Å². The standard InChI is InChI=1S/C28H28F2N4O/c1-17(2)34-9-10-35-28-23(29)14-21(15-25(28)34)27-24(30)16-31-26(32-27)12-18-5-6-19-7-8-22(33(3)4)13-20(19)11-18/h5-8,11,13-17H,9-10,12H2,1-4H3. The number of ether oxygens (including phenoxy) is 1. The predicted molar refractivity (Wildman–Crippen MR) is 136 cm³/mol. The molecular weight excluding hydrogens is 446 g/mol. The molecule has 0 aliphatic carbocycles. The first-order valence-corrected chi connectivity index (χ1v) is 11.7. The lowest BCUT2D eigenvalue weighted by molar-refractivity contribution is 0.287. The number of fused-ring (bicyclic) bond motifs is 2. The Balaban J connectivity index is 1.50. The minimum Gasteiger partial charge on any atom is -0.486 e. The van der Waals surface area contributed by atoms with Crippen LogP contribution < -0.4 is 14.5 Å². The van der Waals surface area contributed by atoms with Crippen LogP contribution in [0.15, 0.2) is 54.7 Å². The van der Waals surface area contributed by atoms with E-state index in [9.17, 15) is 8.78 Å². The van der Waals surface area contributed by atoms with E-state index >= 15 is 0 Å². The van der Waals surface area contributed by atoms with Gasteiger partial charge in [-0.05, 0) is 54.4 Å². The number of benzene rings is 3. The molecule has 4 aromatic rings. The van der Waals surface area contributed by atoms with Gasteiger partial charge in [-0.3, -0.25) is 0 Å². The molecule has 0 unspecified atom stereocenters. The molecule has 1 aromatic heterocycles. The van der Waals surface area contributed by atoms with Crippen LogP contribution >= 0.6 is 0 Å². The number of halogens is 2. The summed E-state index contributed by atoms with van der Waals surface area (Å²) in [6.07, 6.45) is 1.60. The number of rotatable bonds is 5. The van der Waals surface area contributed by atoms with Gasteiger partial charge in [-0.1, -0.05) is 24.3 Å². The highest BCUT2D eigenvalue weighted by Gasteiger charge is 2.25. The average Bonchev–Trinajstić information content (AvgIpc) is 2.84. The fraction of sp³-hybridized carbons (Fsp3) is 0.286. The van der Waals surface area contributed by atoms with Crippen LogP contribution in [-0.4, -0.2) is 43.3 Å². The maximum Gasteiger partial charge on any atom is 0.178 e. The van der Waals surface area contributed by atoms with Crippen LogP contribution in [-0.2, 0) is 6.42 Å². The number of nitrogens with zero attached hydrogens (tertiary/aromatic N) is 4. The summed E-state index contributed by atoms with van der Waals surface area (Å²) < 4.78 is 35.4. The van der Waals surface area contributed by atoms with Crippen molar-refractivity contribution in [2.75, 3.05) is 37.0 Å². The fourth-order valence-electron chi connectivity index (χ4n) is 4.52. The Morgan fingerprint density at radius 1 is 1.00 bits per heavy atom. The van der Waals surface area contributed by atoms with Gasteiger partial charge < -0.3 is 14.5 Å². The molecule has 2 heterocycles. The second-order valence-electron chi connectivity index (χ2n) is 9.36. The van der Waals surface area contributed by atoms with Crippen LogP contribution in [0.25, 0.3) is 22.0 Å². The van der Waals surface area contributed by atoms with Crippen LogP contribution in [0.5, 0.6) is 5.75 Å². The molecule has 35 heavy (non-hydrogen) atoms. The van der Waals surface area contributed by atoms with Gasteiger partial charge in [-0.15, -0.1) is 0 Å². The number of hydrogen-bond donors (Lipinski definition) is 0. The molecule has 0 atom stereocenters. The lowest BCUT2D eigenvalue weighted by Gasteiger charge is -2.34. The third-order valence-electron chi connectivity index (χ3n) is 6.37. The van der Waals surface area contributed by atoms with Gasteiger partial charge in [0.15, 0.2) is 17.4 Å². The van der Waals surface area contributed by atoms with Gasteiger partial charge in [0.05, 0.1) is 18.4 Å². The molecule has 5 rings (SSSR count). The van der Waals surface area contributed by atoms with Crippen molar-refractivity contribution in [3.8, 4) is 17.0 Å². The molecule has 1 aliphatic rings. The first kappa shape index (κ1) is 23.0. The number of aromatic nitrogens is 2. The van der Waals surface area contributed by atoms with Gasteiger partial charge in [-0.2, -0.15) is 0 Å². The fourth-order valence-corrected chi connectivity index (χ4v) is 4.52. The zero-order chi connectivity index (χ0) is 24.7. The summed E-state index contributed by atoms with van der Waals surface area (Å²) in [6.45, 7) is 5.13. The summed E-state index contributed by atoms with van der Waals surface area (Å²) in [5.41, 5.74) is 3.20. The molecule has 1 aliphatic heterocycles. The molecule has 0 bridgehead atoms. The van der Waals surface area contributed by atoms with Crippen molar-refractivity contribution in [3.63, 3.8) is 0 Å². The summed E-state index contributed by atoms with van der Waals surface area (Å²) in [4.78, 5) is 12.8. The summed E-state index contributed by atoms with van der Waals surface area (Å²) in [6, 6.07) is 15.7. The zero-order valence-electron chi connectivity index (χ0n) is 20.3. The quantitative estimate of drug-likeness (QED) is 0.364. The SMILES string of the molecule is CC(C)N1CCOc2c(F)cc(-c3nc(Cc4ccc5ccc(N(C)C)cc5c4)ncc3F)cc21. The Hall–Kier alpha value is -3.74. The lowest BCUT2D eigenvalue weighted by Crippen LogP contribution is -2.38. The summed E-state index contributed by atoms with van der Waals surface area (Å²) >= 11 is 0. The van der Waals surface area contributed by atoms with Crippen molar-refractivity contribution in [3.05, 3.63) is 77.8 Å². The van der Waals surface area contributed by atoms with E-state index in [1.165, 1.54) is 6.07 Å². The molecule has 5 nitrogen and oxygen atoms in total. The Bertz CT molecular complexity index is 1400. The molecule has 0 saturated heterocycles. The zero-order valence-corrected chi connectivity index (χ0v) is 20.3. The lowest BCUT2D eigenvalue weighted by atomic mass is 10.0. The number of hydrogen-bond acceptors (Lipinski definition) is 5. The summed E-state index contributed by atoms with van der Waals surface area (Å²) in [5, 5.41) is 2.25.